The van der Waals surface area contributed by atoms with Crippen LogP contribution < -0.4 is 4.72 Å². The van der Waals surface area contributed by atoms with Crippen LogP contribution in [0.25, 0.3) is 0 Å². The zero-order valence-electron chi connectivity index (χ0n) is 15.8. The molecule has 1 aromatic rings. The largest absolute Gasteiger partial charge is 0.390 e. The highest BCUT2D eigenvalue weighted by Gasteiger charge is 2.24. The Bertz CT molecular complexity index is 696. The average Bonchev–Trinajstić information content (AvgIpc) is 2.57. The van der Waals surface area contributed by atoms with Crippen molar-refractivity contribution in [2.75, 3.05) is 39.4 Å². The molecule has 1 atom stereocenters. The van der Waals surface area contributed by atoms with E-state index in [9.17, 15) is 13.5 Å². The van der Waals surface area contributed by atoms with Crippen LogP contribution >= 0.6 is 0 Å². The molecule has 6 nitrogen and oxygen atoms in total. The van der Waals surface area contributed by atoms with E-state index in [1.54, 1.807) is 0 Å². The number of ether oxygens (including phenoxy) is 1. The van der Waals surface area contributed by atoms with Crippen molar-refractivity contribution in [1.29, 1.82) is 0 Å². The first-order chi connectivity index (χ1) is 11.6. The van der Waals surface area contributed by atoms with E-state index in [-0.39, 0.29) is 6.54 Å². The lowest BCUT2D eigenvalue weighted by Gasteiger charge is -2.28. The summed E-state index contributed by atoms with van der Waals surface area (Å²) in [5.74, 6) is 0. The maximum absolute atomic E-state index is 12.8. The van der Waals surface area contributed by atoms with Crippen molar-refractivity contribution in [3.8, 4) is 0 Å². The van der Waals surface area contributed by atoms with E-state index in [2.05, 4.69) is 9.62 Å². The van der Waals surface area contributed by atoms with Gasteiger partial charge in [-0.2, -0.15) is 0 Å². The summed E-state index contributed by atoms with van der Waals surface area (Å²) >= 11 is 0. The summed E-state index contributed by atoms with van der Waals surface area (Å²) < 4.78 is 33.5. The second-order valence-corrected chi connectivity index (χ2v) is 8.58. The van der Waals surface area contributed by atoms with Crippen molar-refractivity contribution in [3.05, 3.63) is 27.8 Å². The van der Waals surface area contributed by atoms with E-state index in [4.69, 9.17) is 4.74 Å². The minimum Gasteiger partial charge on any atom is -0.390 e. The first-order valence-corrected chi connectivity index (χ1v) is 10.2. The second kappa shape index (κ2) is 8.14. The highest BCUT2D eigenvalue weighted by molar-refractivity contribution is 7.89. The Hall–Kier alpha value is -0.990. The molecule has 0 bridgehead atoms. The van der Waals surface area contributed by atoms with Crippen molar-refractivity contribution in [1.82, 2.24) is 9.62 Å². The quantitative estimate of drug-likeness (QED) is 0.787. The van der Waals surface area contributed by atoms with E-state index in [1.807, 2.05) is 34.6 Å². The van der Waals surface area contributed by atoms with Crippen molar-refractivity contribution in [2.45, 2.75) is 45.6 Å². The minimum atomic E-state index is -3.67. The molecule has 0 spiro atoms. The zero-order chi connectivity index (χ0) is 18.8. The Balaban J connectivity index is 2.11. The maximum atomic E-state index is 12.8. The first-order valence-electron chi connectivity index (χ1n) is 8.70. The summed E-state index contributed by atoms with van der Waals surface area (Å²) in [6.07, 6.45) is -0.749. The number of aliphatic hydroxyl groups excluding tert-OH is 1. The smallest absolute Gasteiger partial charge is 0.241 e. The normalized spacial score (nSPS) is 17.7. The van der Waals surface area contributed by atoms with Gasteiger partial charge in [0.1, 0.15) is 0 Å². The molecule has 1 unspecified atom stereocenters. The summed E-state index contributed by atoms with van der Waals surface area (Å²) in [7, 11) is -3.67. The molecule has 0 aromatic heterocycles. The van der Waals surface area contributed by atoms with Crippen molar-refractivity contribution >= 4 is 10.0 Å². The number of β-amino-alcohol motifs (C(OH)–C–C–N with tert-alkyl or cyclic N) is 1. The topological polar surface area (TPSA) is 78.9 Å². The highest BCUT2D eigenvalue weighted by atomic mass is 32.2. The van der Waals surface area contributed by atoms with Crippen LogP contribution in [0.4, 0.5) is 0 Å². The van der Waals surface area contributed by atoms with Gasteiger partial charge >= 0.3 is 0 Å². The van der Waals surface area contributed by atoms with Crippen LogP contribution in [0.1, 0.15) is 27.8 Å². The highest BCUT2D eigenvalue weighted by Crippen LogP contribution is 2.29. The summed E-state index contributed by atoms with van der Waals surface area (Å²) in [5, 5.41) is 10.2. The number of sulfonamides is 1. The fraction of sp³-hybridized carbons (Fsp3) is 0.667. The summed E-state index contributed by atoms with van der Waals surface area (Å²) in [4.78, 5) is 2.42. The van der Waals surface area contributed by atoms with Crippen LogP contribution in [-0.4, -0.2) is 63.9 Å². The Morgan fingerprint density at radius 2 is 1.48 bits per heavy atom. The van der Waals surface area contributed by atoms with E-state index < -0.39 is 16.1 Å². The Labute approximate surface area is 151 Å². The standard InChI is InChI=1S/C18H30N2O4S/c1-12-13(2)15(4)18(16(5)14(12)3)25(22,23)19-10-17(21)11-20-6-8-24-9-7-20/h17,19,21H,6-11H2,1-5H3. The van der Waals surface area contributed by atoms with Gasteiger partial charge < -0.3 is 9.84 Å². The monoisotopic (exact) mass is 370 g/mol. The van der Waals surface area contributed by atoms with Gasteiger partial charge in [-0.25, -0.2) is 13.1 Å². The molecule has 0 aliphatic carbocycles. The molecule has 1 aliphatic heterocycles. The third-order valence-electron chi connectivity index (χ3n) is 5.28. The van der Waals surface area contributed by atoms with Gasteiger partial charge in [0.2, 0.25) is 10.0 Å². The maximum Gasteiger partial charge on any atom is 0.241 e. The number of benzene rings is 1. The number of rotatable bonds is 6. The number of hydrogen-bond acceptors (Lipinski definition) is 5. The van der Waals surface area contributed by atoms with Gasteiger partial charge in [-0.1, -0.05) is 0 Å². The van der Waals surface area contributed by atoms with Gasteiger partial charge in [0.05, 0.1) is 24.2 Å². The lowest BCUT2D eigenvalue weighted by molar-refractivity contribution is 0.0158. The number of aliphatic hydroxyl groups is 1. The molecule has 2 N–H and O–H groups in total. The van der Waals surface area contributed by atoms with Gasteiger partial charge in [-0.15, -0.1) is 0 Å². The molecule has 25 heavy (non-hydrogen) atoms. The average molecular weight is 371 g/mol. The van der Waals surface area contributed by atoms with Crippen LogP contribution in [0.3, 0.4) is 0 Å². The fourth-order valence-corrected chi connectivity index (χ4v) is 4.96. The van der Waals surface area contributed by atoms with Crippen LogP contribution in [0.15, 0.2) is 4.90 Å². The molecule has 2 rings (SSSR count). The number of nitrogens with zero attached hydrogens (tertiary/aromatic N) is 1. The van der Waals surface area contributed by atoms with E-state index in [1.165, 1.54) is 0 Å². The van der Waals surface area contributed by atoms with Gasteiger partial charge in [0, 0.05) is 26.2 Å². The second-order valence-electron chi connectivity index (χ2n) is 6.87. The SMILES string of the molecule is Cc1c(C)c(C)c(S(=O)(=O)NCC(O)CN2CCOCC2)c(C)c1C. The third-order valence-corrected chi connectivity index (χ3v) is 6.98. The van der Waals surface area contributed by atoms with Crippen molar-refractivity contribution in [2.24, 2.45) is 0 Å². The summed E-state index contributed by atoms with van der Waals surface area (Å²) in [6, 6.07) is 0. The third kappa shape index (κ3) is 4.60. The van der Waals surface area contributed by atoms with Crippen LogP contribution in [-0.2, 0) is 14.8 Å². The molecule has 7 heteroatoms. The van der Waals surface area contributed by atoms with Crippen LogP contribution in [0.2, 0.25) is 0 Å². The predicted molar refractivity (Wildman–Crippen MR) is 98.6 cm³/mol. The zero-order valence-corrected chi connectivity index (χ0v) is 16.7. The first kappa shape index (κ1) is 20.3. The van der Waals surface area contributed by atoms with Gasteiger partial charge in [0.25, 0.3) is 0 Å². The lowest BCUT2D eigenvalue weighted by atomic mass is 9.95. The molecule has 1 aliphatic rings. The van der Waals surface area contributed by atoms with Crippen molar-refractivity contribution in [3.63, 3.8) is 0 Å². The van der Waals surface area contributed by atoms with Gasteiger partial charge in [-0.3, -0.25) is 4.90 Å². The molecule has 0 radical (unpaired) electrons. The molecule has 0 amide bonds. The number of morpholine rings is 1. The molecule has 1 aromatic carbocycles. The van der Waals surface area contributed by atoms with E-state index in [0.717, 1.165) is 40.9 Å². The number of hydrogen-bond donors (Lipinski definition) is 2. The lowest BCUT2D eigenvalue weighted by Crippen LogP contribution is -2.44. The van der Waals surface area contributed by atoms with Crippen LogP contribution in [0.5, 0.6) is 0 Å². The fourth-order valence-electron chi connectivity index (χ4n) is 3.29. The molecule has 1 heterocycles. The van der Waals surface area contributed by atoms with E-state index >= 15 is 0 Å². The molecule has 0 saturated carbocycles. The molecule has 1 fully saturated rings. The predicted octanol–water partition coefficient (Wildman–Crippen LogP) is 1.20. The van der Waals surface area contributed by atoms with E-state index in [0.29, 0.717) is 24.7 Å². The van der Waals surface area contributed by atoms with Crippen molar-refractivity contribution < 1.29 is 18.3 Å². The Kier molecular flexibility index (Phi) is 6.62. The van der Waals surface area contributed by atoms with Gasteiger partial charge in [0.15, 0.2) is 0 Å². The minimum absolute atomic E-state index is 0.00451. The Morgan fingerprint density at radius 3 is 2.00 bits per heavy atom. The molecule has 142 valence electrons. The summed E-state index contributed by atoms with van der Waals surface area (Å²) in [6.45, 7) is 12.9. The Morgan fingerprint density at radius 1 is 1.00 bits per heavy atom. The van der Waals surface area contributed by atoms with Crippen LogP contribution in [0, 0.1) is 34.6 Å². The molecular formula is C18H30N2O4S. The molecule has 1 saturated heterocycles. The van der Waals surface area contributed by atoms with Gasteiger partial charge in [-0.05, 0) is 62.4 Å². The number of nitrogens with one attached hydrogen (secondary N) is 1. The summed E-state index contributed by atoms with van der Waals surface area (Å²) in [5.41, 5.74) is 4.67. The molecular weight excluding hydrogens is 340 g/mol.